The molecule has 0 atom stereocenters. The van der Waals surface area contributed by atoms with Gasteiger partial charge in [0.2, 0.25) is 10.0 Å². The second kappa shape index (κ2) is 7.76. The third-order valence-corrected chi connectivity index (χ3v) is 6.82. The Labute approximate surface area is 162 Å². The number of tetrazole rings is 1. The van der Waals surface area contributed by atoms with E-state index in [1.54, 1.807) is 21.1 Å². The zero-order chi connectivity index (χ0) is 19.6. The quantitative estimate of drug-likeness (QED) is 0.656. The van der Waals surface area contributed by atoms with Crippen molar-refractivity contribution in [2.45, 2.75) is 24.5 Å². The van der Waals surface area contributed by atoms with Crippen molar-refractivity contribution in [1.29, 1.82) is 0 Å². The number of sulfonamides is 1. The fourth-order valence-electron chi connectivity index (χ4n) is 3.48. The topological polar surface area (TPSA) is 81.0 Å². The molecule has 0 radical (unpaired) electrons. The number of hydrogen-bond donors (Lipinski definition) is 0. The van der Waals surface area contributed by atoms with Crippen LogP contribution >= 0.6 is 0 Å². The molecule has 2 aromatic carbocycles. The molecule has 0 N–H and O–H groups in total. The summed E-state index contributed by atoms with van der Waals surface area (Å²) in [5.74, 6) is 0.400. The molecule has 4 rings (SSSR count). The van der Waals surface area contributed by atoms with Crippen LogP contribution < -0.4 is 0 Å². The van der Waals surface area contributed by atoms with Crippen LogP contribution in [-0.2, 0) is 15.8 Å². The molecular formula is C19H20FN5O2S. The molecule has 0 saturated carbocycles. The van der Waals surface area contributed by atoms with E-state index in [1.807, 2.05) is 30.3 Å². The predicted octanol–water partition coefficient (Wildman–Crippen LogP) is 2.51. The maximum Gasteiger partial charge on any atom is 0.218 e. The summed E-state index contributed by atoms with van der Waals surface area (Å²) in [6.45, 7) is 0.853. The SMILES string of the molecule is O=S(=O)(Cc1ccccc1)N1CCC(c2nnnn2-c2ccc(F)cc2)CC1. The van der Waals surface area contributed by atoms with Crippen molar-refractivity contribution in [2.24, 2.45) is 0 Å². The first-order valence-corrected chi connectivity index (χ1v) is 10.7. The maximum absolute atomic E-state index is 13.2. The zero-order valence-corrected chi connectivity index (χ0v) is 16.0. The minimum Gasteiger partial charge on any atom is -0.212 e. The number of aromatic nitrogens is 4. The highest BCUT2D eigenvalue weighted by Gasteiger charge is 2.31. The van der Waals surface area contributed by atoms with Crippen molar-refractivity contribution in [3.05, 3.63) is 71.8 Å². The lowest BCUT2D eigenvalue weighted by molar-refractivity contribution is 0.311. The van der Waals surface area contributed by atoms with Crippen LogP contribution in [0.15, 0.2) is 54.6 Å². The van der Waals surface area contributed by atoms with E-state index in [-0.39, 0.29) is 17.5 Å². The van der Waals surface area contributed by atoms with Gasteiger partial charge in [-0.1, -0.05) is 30.3 Å². The molecule has 0 bridgehead atoms. The smallest absolute Gasteiger partial charge is 0.212 e. The first-order chi connectivity index (χ1) is 13.5. The summed E-state index contributed by atoms with van der Waals surface area (Å²) in [5, 5.41) is 11.9. The largest absolute Gasteiger partial charge is 0.218 e. The molecule has 1 fully saturated rings. The fourth-order valence-corrected chi connectivity index (χ4v) is 5.05. The Morgan fingerprint density at radius 2 is 1.68 bits per heavy atom. The Hall–Kier alpha value is -2.65. The second-order valence-electron chi connectivity index (χ2n) is 6.84. The number of nitrogens with zero attached hydrogens (tertiary/aromatic N) is 5. The zero-order valence-electron chi connectivity index (χ0n) is 15.1. The van der Waals surface area contributed by atoms with Crippen molar-refractivity contribution >= 4 is 10.0 Å². The predicted molar refractivity (Wildman–Crippen MR) is 102 cm³/mol. The van der Waals surface area contributed by atoms with E-state index in [4.69, 9.17) is 0 Å². The summed E-state index contributed by atoms with van der Waals surface area (Å²) < 4.78 is 41.7. The molecule has 0 amide bonds. The molecule has 146 valence electrons. The van der Waals surface area contributed by atoms with Crippen LogP contribution in [0.3, 0.4) is 0 Å². The number of halogens is 1. The van der Waals surface area contributed by atoms with Crippen molar-refractivity contribution in [3.63, 3.8) is 0 Å². The van der Waals surface area contributed by atoms with Crippen LogP contribution in [0.25, 0.3) is 5.69 Å². The Morgan fingerprint density at radius 3 is 2.36 bits per heavy atom. The summed E-state index contributed by atoms with van der Waals surface area (Å²) >= 11 is 0. The molecule has 28 heavy (non-hydrogen) atoms. The van der Waals surface area contributed by atoms with E-state index in [0.717, 1.165) is 5.56 Å². The fraction of sp³-hybridized carbons (Fsp3) is 0.316. The van der Waals surface area contributed by atoms with Crippen molar-refractivity contribution < 1.29 is 12.8 Å². The highest BCUT2D eigenvalue weighted by molar-refractivity contribution is 7.88. The van der Waals surface area contributed by atoms with Gasteiger partial charge < -0.3 is 0 Å². The number of rotatable bonds is 5. The van der Waals surface area contributed by atoms with Gasteiger partial charge in [0.15, 0.2) is 5.82 Å². The van der Waals surface area contributed by atoms with Crippen LogP contribution in [0.4, 0.5) is 4.39 Å². The first kappa shape index (κ1) is 18.7. The molecular weight excluding hydrogens is 381 g/mol. The molecule has 9 heteroatoms. The minimum atomic E-state index is -3.36. The minimum absolute atomic E-state index is 0.00578. The lowest BCUT2D eigenvalue weighted by Gasteiger charge is -2.30. The van der Waals surface area contributed by atoms with Gasteiger partial charge in [0.05, 0.1) is 11.4 Å². The lowest BCUT2D eigenvalue weighted by atomic mass is 9.97. The van der Waals surface area contributed by atoms with Crippen molar-refractivity contribution in [2.75, 3.05) is 13.1 Å². The van der Waals surface area contributed by atoms with Crippen LogP contribution in [0, 0.1) is 5.82 Å². The molecule has 2 heterocycles. The van der Waals surface area contributed by atoms with Gasteiger partial charge in [0, 0.05) is 19.0 Å². The third-order valence-electron chi connectivity index (χ3n) is 4.97. The number of hydrogen-bond acceptors (Lipinski definition) is 5. The van der Waals surface area contributed by atoms with Crippen LogP contribution in [-0.4, -0.2) is 46.0 Å². The van der Waals surface area contributed by atoms with Crippen molar-refractivity contribution in [1.82, 2.24) is 24.5 Å². The van der Waals surface area contributed by atoms with Gasteiger partial charge in [-0.05, 0) is 53.1 Å². The van der Waals surface area contributed by atoms with E-state index in [1.165, 1.54) is 12.1 Å². The van der Waals surface area contributed by atoms with Crippen LogP contribution in [0.2, 0.25) is 0 Å². The monoisotopic (exact) mass is 401 g/mol. The first-order valence-electron chi connectivity index (χ1n) is 9.09. The molecule has 3 aromatic rings. The summed E-state index contributed by atoms with van der Waals surface area (Å²) in [6, 6.07) is 15.1. The van der Waals surface area contributed by atoms with Crippen LogP contribution in [0.1, 0.15) is 30.1 Å². The average molecular weight is 401 g/mol. The van der Waals surface area contributed by atoms with Crippen molar-refractivity contribution in [3.8, 4) is 5.69 Å². The highest BCUT2D eigenvalue weighted by atomic mass is 32.2. The summed E-state index contributed by atoms with van der Waals surface area (Å²) in [5.41, 5.74) is 1.46. The molecule has 7 nitrogen and oxygen atoms in total. The Bertz CT molecular complexity index is 1030. The Balaban J connectivity index is 1.45. The van der Waals surface area contributed by atoms with E-state index in [0.29, 0.717) is 37.4 Å². The van der Waals surface area contributed by atoms with Gasteiger partial charge in [-0.2, -0.15) is 4.68 Å². The Morgan fingerprint density at radius 1 is 1.00 bits per heavy atom. The number of benzene rings is 2. The normalized spacial score (nSPS) is 16.3. The third kappa shape index (κ3) is 3.95. The summed E-state index contributed by atoms with van der Waals surface area (Å²) in [7, 11) is -3.36. The molecule has 0 aliphatic carbocycles. The Kier molecular flexibility index (Phi) is 5.19. The van der Waals surface area contributed by atoms with Gasteiger partial charge in [0.25, 0.3) is 0 Å². The van der Waals surface area contributed by atoms with E-state index in [2.05, 4.69) is 15.5 Å². The average Bonchev–Trinajstić information content (AvgIpc) is 3.19. The van der Waals surface area contributed by atoms with Gasteiger partial charge >= 0.3 is 0 Å². The van der Waals surface area contributed by atoms with Gasteiger partial charge in [-0.25, -0.2) is 17.1 Å². The molecule has 1 aliphatic heterocycles. The number of piperidine rings is 1. The summed E-state index contributed by atoms with van der Waals surface area (Å²) in [6.07, 6.45) is 1.27. The van der Waals surface area contributed by atoms with E-state index < -0.39 is 10.0 Å². The van der Waals surface area contributed by atoms with E-state index in [9.17, 15) is 12.8 Å². The van der Waals surface area contributed by atoms with Crippen LogP contribution in [0.5, 0.6) is 0 Å². The molecule has 0 spiro atoms. The highest BCUT2D eigenvalue weighted by Crippen LogP contribution is 2.29. The molecule has 1 aromatic heterocycles. The maximum atomic E-state index is 13.2. The summed E-state index contributed by atoms with van der Waals surface area (Å²) in [4.78, 5) is 0. The van der Waals surface area contributed by atoms with Gasteiger partial charge in [-0.3, -0.25) is 0 Å². The van der Waals surface area contributed by atoms with E-state index >= 15 is 0 Å². The molecule has 1 saturated heterocycles. The second-order valence-corrected chi connectivity index (χ2v) is 8.81. The van der Waals surface area contributed by atoms with Gasteiger partial charge in [-0.15, -0.1) is 5.10 Å². The molecule has 0 unspecified atom stereocenters. The standard InChI is InChI=1S/C19H20FN5O2S/c20-17-6-8-18(9-7-17)25-19(21-22-23-25)16-10-12-24(13-11-16)28(26,27)14-15-4-2-1-3-5-15/h1-9,16H,10-14H2. The lowest BCUT2D eigenvalue weighted by Crippen LogP contribution is -2.39. The van der Waals surface area contributed by atoms with Gasteiger partial charge in [0.1, 0.15) is 5.82 Å². The molecule has 1 aliphatic rings.